The van der Waals surface area contributed by atoms with Crippen molar-refractivity contribution in [2.24, 2.45) is 0 Å². The van der Waals surface area contributed by atoms with E-state index in [0.29, 0.717) is 42.1 Å². The van der Waals surface area contributed by atoms with Crippen LogP contribution in [0, 0.1) is 13.8 Å². The summed E-state index contributed by atoms with van der Waals surface area (Å²) in [6, 6.07) is 14.5. The Morgan fingerprint density at radius 3 is 2.30 bits per heavy atom. The zero-order valence-electron chi connectivity index (χ0n) is 20.3. The minimum atomic E-state index is -3.97. The zero-order chi connectivity index (χ0) is 26.2. The summed E-state index contributed by atoms with van der Waals surface area (Å²) in [4.78, 5) is 21.3. The van der Waals surface area contributed by atoms with Crippen molar-refractivity contribution in [3.63, 3.8) is 0 Å². The van der Waals surface area contributed by atoms with E-state index < -0.39 is 9.84 Å². The van der Waals surface area contributed by atoms with E-state index in [1.165, 1.54) is 11.0 Å². The first kappa shape index (κ1) is 25.7. The fourth-order valence-corrected chi connectivity index (χ4v) is 6.52. The van der Waals surface area contributed by atoms with Crippen LogP contribution in [0.1, 0.15) is 22.6 Å². The van der Waals surface area contributed by atoms with Crippen LogP contribution < -0.4 is 4.90 Å². The van der Waals surface area contributed by atoms with Gasteiger partial charge in [-0.05, 0) is 31.5 Å². The summed E-state index contributed by atoms with van der Waals surface area (Å²) < 4.78 is 38.9. The molecular weight excluding hydrogens is 531 g/mol. The maximum atomic E-state index is 13.6. The summed E-state index contributed by atoms with van der Waals surface area (Å²) in [5.74, 6) is -0.0992. The number of amides is 1. The fourth-order valence-electron chi connectivity index (χ4n) is 3.97. The van der Waals surface area contributed by atoms with Crippen LogP contribution in [0.2, 0.25) is 0 Å². The molecule has 2 saturated heterocycles. The van der Waals surface area contributed by atoms with Crippen LogP contribution in [0.4, 0.5) is 5.88 Å². The van der Waals surface area contributed by atoms with Crippen molar-refractivity contribution in [2.45, 2.75) is 30.3 Å². The molecular formula is C26H25N3O5S3. The molecule has 3 aromatic rings. The SMILES string of the molecule is Cc1ccc(CN2C(=O)/C(=C/c3nc(S(=O)(=O)c4ccc(C)cc4)c(N4CCOCC4)o3)SC2=S)cc1. The second-order valence-electron chi connectivity index (χ2n) is 8.83. The first-order valence-electron chi connectivity index (χ1n) is 11.7. The molecule has 2 fully saturated rings. The molecule has 37 heavy (non-hydrogen) atoms. The van der Waals surface area contributed by atoms with Crippen molar-refractivity contribution in [2.75, 3.05) is 31.2 Å². The van der Waals surface area contributed by atoms with Gasteiger partial charge in [0, 0.05) is 19.2 Å². The highest BCUT2D eigenvalue weighted by atomic mass is 32.2. The van der Waals surface area contributed by atoms with Gasteiger partial charge >= 0.3 is 0 Å². The van der Waals surface area contributed by atoms with Gasteiger partial charge in [0.2, 0.25) is 26.6 Å². The van der Waals surface area contributed by atoms with E-state index in [0.717, 1.165) is 28.5 Å². The van der Waals surface area contributed by atoms with Gasteiger partial charge in [-0.3, -0.25) is 9.69 Å². The van der Waals surface area contributed by atoms with Gasteiger partial charge in [-0.25, -0.2) is 8.42 Å². The third-order valence-corrected chi connectivity index (χ3v) is 9.12. The number of hydrogen-bond acceptors (Lipinski definition) is 9. The minimum absolute atomic E-state index is 0.0306. The molecule has 0 atom stereocenters. The Bertz CT molecular complexity index is 1470. The highest BCUT2D eigenvalue weighted by Gasteiger charge is 2.35. The molecule has 192 valence electrons. The minimum Gasteiger partial charge on any atom is -0.420 e. The van der Waals surface area contributed by atoms with Crippen molar-refractivity contribution in [1.29, 1.82) is 0 Å². The van der Waals surface area contributed by atoms with E-state index in [1.807, 2.05) is 38.1 Å². The van der Waals surface area contributed by atoms with E-state index >= 15 is 0 Å². The van der Waals surface area contributed by atoms with E-state index in [-0.39, 0.29) is 27.6 Å². The number of aromatic nitrogens is 1. The number of thioether (sulfide) groups is 1. The number of nitrogens with zero attached hydrogens (tertiary/aromatic N) is 3. The highest BCUT2D eigenvalue weighted by Crippen LogP contribution is 2.36. The molecule has 0 saturated carbocycles. The molecule has 8 nitrogen and oxygen atoms in total. The zero-order valence-corrected chi connectivity index (χ0v) is 22.8. The smallest absolute Gasteiger partial charge is 0.266 e. The Kier molecular flexibility index (Phi) is 7.21. The summed E-state index contributed by atoms with van der Waals surface area (Å²) >= 11 is 6.60. The molecule has 0 N–H and O–H groups in total. The normalized spacial score (nSPS) is 17.7. The van der Waals surface area contributed by atoms with Gasteiger partial charge in [0.25, 0.3) is 5.91 Å². The van der Waals surface area contributed by atoms with Crippen LogP contribution in [0.25, 0.3) is 6.08 Å². The van der Waals surface area contributed by atoms with Crippen LogP contribution in [0.15, 0.2) is 67.8 Å². The molecule has 0 radical (unpaired) electrons. The molecule has 2 aliphatic rings. The van der Waals surface area contributed by atoms with Crippen LogP contribution >= 0.6 is 24.0 Å². The number of anilines is 1. The molecule has 1 aromatic heterocycles. The number of hydrogen-bond donors (Lipinski definition) is 0. The first-order chi connectivity index (χ1) is 17.7. The second kappa shape index (κ2) is 10.4. The number of oxazole rings is 1. The number of morpholine rings is 1. The molecule has 2 aliphatic heterocycles. The average molecular weight is 556 g/mol. The standard InChI is InChI=1S/C26H25N3O5S3/c1-17-3-7-19(8-4-17)16-29-24(30)21(36-26(29)35)15-22-27-23(25(34-22)28-11-13-33-14-12-28)37(31,32)20-9-5-18(2)6-10-20/h3-10,15H,11-14,16H2,1-2H3/b21-15-. The van der Waals surface area contributed by atoms with E-state index in [1.54, 1.807) is 29.2 Å². The molecule has 0 bridgehead atoms. The van der Waals surface area contributed by atoms with Gasteiger partial charge < -0.3 is 14.1 Å². The summed E-state index contributed by atoms with van der Waals surface area (Å²) in [5.41, 5.74) is 3.03. The van der Waals surface area contributed by atoms with Gasteiger partial charge in [-0.15, -0.1) is 0 Å². The van der Waals surface area contributed by atoms with Crippen LogP contribution in [-0.2, 0) is 25.9 Å². The van der Waals surface area contributed by atoms with Gasteiger partial charge in [-0.2, -0.15) is 4.98 Å². The van der Waals surface area contributed by atoms with Crippen LogP contribution in [-0.4, -0.2) is 54.8 Å². The molecule has 1 amide bonds. The predicted octanol–water partition coefficient (Wildman–Crippen LogP) is 4.36. The molecule has 2 aromatic carbocycles. The molecule has 0 unspecified atom stereocenters. The van der Waals surface area contributed by atoms with Crippen molar-refractivity contribution < 1.29 is 22.4 Å². The number of thiocarbonyl (C=S) groups is 1. The van der Waals surface area contributed by atoms with E-state index in [4.69, 9.17) is 21.4 Å². The van der Waals surface area contributed by atoms with Gasteiger partial charge in [0.15, 0.2) is 0 Å². The van der Waals surface area contributed by atoms with Gasteiger partial charge in [0.05, 0.1) is 29.6 Å². The van der Waals surface area contributed by atoms with E-state index in [2.05, 4.69) is 4.98 Å². The third kappa shape index (κ3) is 5.35. The summed E-state index contributed by atoms with van der Waals surface area (Å²) in [6.07, 6.45) is 1.46. The van der Waals surface area contributed by atoms with Crippen molar-refractivity contribution in [1.82, 2.24) is 9.88 Å². The van der Waals surface area contributed by atoms with Crippen LogP contribution in [0.5, 0.6) is 0 Å². The molecule has 3 heterocycles. The highest BCUT2D eigenvalue weighted by molar-refractivity contribution is 8.26. The number of sulfone groups is 1. The maximum Gasteiger partial charge on any atom is 0.266 e. The quantitative estimate of drug-likeness (QED) is 0.325. The fraction of sp³-hybridized carbons (Fsp3) is 0.269. The predicted molar refractivity (Wildman–Crippen MR) is 146 cm³/mol. The molecule has 5 rings (SSSR count). The lowest BCUT2D eigenvalue weighted by Crippen LogP contribution is -2.36. The van der Waals surface area contributed by atoms with Crippen molar-refractivity contribution >= 4 is 56.0 Å². The lowest BCUT2D eigenvalue weighted by atomic mass is 10.1. The maximum absolute atomic E-state index is 13.6. The summed E-state index contributed by atoms with van der Waals surface area (Å²) in [5, 5.41) is -0.181. The monoisotopic (exact) mass is 555 g/mol. The topological polar surface area (TPSA) is 93.0 Å². The number of carbonyl (C=O) groups is 1. The van der Waals surface area contributed by atoms with Crippen LogP contribution in [0.3, 0.4) is 0 Å². The molecule has 0 aliphatic carbocycles. The Labute approximate surface area is 225 Å². The van der Waals surface area contributed by atoms with E-state index in [9.17, 15) is 13.2 Å². The number of ether oxygens (including phenoxy) is 1. The second-order valence-corrected chi connectivity index (χ2v) is 12.4. The largest absolute Gasteiger partial charge is 0.420 e. The van der Waals surface area contributed by atoms with Crippen molar-refractivity contribution in [3.05, 3.63) is 76.0 Å². The third-order valence-electron chi connectivity index (χ3n) is 6.07. The lowest BCUT2D eigenvalue weighted by Gasteiger charge is -2.26. The van der Waals surface area contributed by atoms with Gasteiger partial charge in [0.1, 0.15) is 4.32 Å². The number of benzene rings is 2. The summed E-state index contributed by atoms with van der Waals surface area (Å²) in [7, 11) is -3.97. The molecule has 11 heteroatoms. The summed E-state index contributed by atoms with van der Waals surface area (Å²) in [6.45, 7) is 6.04. The Morgan fingerprint density at radius 2 is 1.65 bits per heavy atom. The Hall–Kier alpha value is -2.99. The Morgan fingerprint density at radius 1 is 1.03 bits per heavy atom. The number of carbonyl (C=O) groups excluding carboxylic acids is 1. The Balaban J connectivity index is 1.48. The van der Waals surface area contributed by atoms with Gasteiger partial charge in [-0.1, -0.05) is 71.5 Å². The first-order valence-corrected chi connectivity index (χ1v) is 14.4. The number of rotatable bonds is 6. The van der Waals surface area contributed by atoms with Crippen molar-refractivity contribution in [3.8, 4) is 0 Å². The average Bonchev–Trinajstić information content (AvgIpc) is 3.43. The number of aryl methyl sites for hydroxylation is 2. The lowest BCUT2D eigenvalue weighted by molar-refractivity contribution is -0.122. The molecule has 0 spiro atoms.